The van der Waals surface area contributed by atoms with Crippen molar-refractivity contribution in [1.29, 1.82) is 0 Å². The molecule has 0 aliphatic carbocycles. The van der Waals surface area contributed by atoms with Crippen LogP contribution in [0, 0.1) is 5.92 Å². The van der Waals surface area contributed by atoms with Gasteiger partial charge in [0.2, 0.25) is 5.91 Å². The van der Waals surface area contributed by atoms with Crippen LogP contribution in [0.3, 0.4) is 0 Å². The zero-order valence-corrected chi connectivity index (χ0v) is 12.9. The summed E-state index contributed by atoms with van der Waals surface area (Å²) in [5.74, 6) is 0.977. The smallest absolute Gasteiger partial charge is 0.219 e. The molecular weight excluding hydrogens is 264 g/mol. The minimum Gasteiger partial charge on any atom is -0.343 e. The number of aromatic nitrogens is 2. The second-order valence-corrected chi connectivity index (χ2v) is 6.47. The molecule has 0 bridgehead atoms. The summed E-state index contributed by atoms with van der Waals surface area (Å²) >= 11 is 0. The molecule has 2 fully saturated rings. The lowest BCUT2D eigenvalue weighted by atomic mass is 9.96. The summed E-state index contributed by atoms with van der Waals surface area (Å²) in [7, 11) is 0. The number of hydrogen-bond donors (Lipinski definition) is 0. The second kappa shape index (κ2) is 6.60. The predicted molar refractivity (Wildman–Crippen MR) is 81.8 cm³/mol. The zero-order valence-electron chi connectivity index (χ0n) is 12.9. The van der Waals surface area contributed by atoms with Crippen LogP contribution in [0.1, 0.15) is 32.6 Å². The van der Waals surface area contributed by atoms with Crippen LogP contribution < -0.4 is 0 Å². The largest absolute Gasteiger partial charge is 0.343 e. The summed E-state index contributed by atoms with van der Waals surface area (Å²) in [5, 5.41) is 4.34. The molecule has 0 saturated carbocycles. The summed E-state index contributed by atoms with van der Waals surface area (Å²) in [4.78, 5) is 16.0. The highest BCUT2D eigenvalue weighted by Crippen LogP contribution is 2.24. The summed E-state index contributed by atoms with van der Waals surface area (Å²) in [5.41, 5.74) is 0. The van der Waals surface area contributed by atoms with Crippen molar-refractivity contribution in [2.45, 2.75) is 45.2 Å². The first-order valence-corrected chi connectivity index (χ1v) is 8.19. The Kier molecular flexibility index (Phi) is 4.58. The van der Waals surface area contributed by atoms with E-state index in [4.69, 9.17) is 0 Å². The quantitative estimate of drug-likeness (QED) is 0.846. The fourth-order valence-corrected chi connectivity index (χ4v) is 3.73. The molecule has 3 heterocycles. The highest BCUT2D eigenvalue weighted by Gasteiger charge is 2.29. The molecule has 1 aromatic rings. The first kappa shape index (κ1) is 14.6. The van der Waals surface area contributed by atoms with E-state index in [0.29, 0.717) is 6.04 Å². The number of carbonyl (C=O) groups excluding carboxylic acids is 1. The summed E-state index contributed by atoms with van der Waals surface area (Å²) in [6, 6.07) is 2.63. The molecule has 2 aliphatic heterocycles. The Morgan fingerprint density at radius 1 is 1.19 bits per heavy atom. The van der Waals surface area contributed by atoms with Gasteiger partial charge in [-0.15, -0.1) is 0 Å². The van der Waals surface area contributed by atoms with Crippen LogP contribution in [0.25, 0.3) is 0 Å². The highest BCUT2D eigenvalue weighted by atomic mass is 16.2. The van der Waals surface area contributed by atoms with Crippen LogP contribution in [-0.4, -0.2) is 57.7 Å². The van der Waals surface area contributed by atoms with Gasteiger partial charge in [0.05, 0.1) is 6.54 Å². The van der Waals surface area contributed by atoms with E-state index in [1.807, 2.05) is 17.2 Å². The van der Waals surface area contributed by atoms with Crippen molar-refractivity contribution in [1.82, 2.24) is 19.6 Å². The summed E-state index contributed by atoms with van der Waals surface area (Å²) < 4.78 is 2.06. The molecule has 2 saturated heterocycles. The van der Waals surface area contributed by atoms with Crippen molar-refractivity contribution < 1.29 is 4.79 Å². The van der Waals surface area contributed by atoms with Gasteiger partial charge in [0.1, 0.15) is 0 Å². The summed E-state index contributed by atoms with van der Waals surface area (Å²) in [6.45, 7) is 6.99. The number of piperidine rings is 1. The lowest BCUT2D eigenvalue weighted by Gasteiger charge is -2.35. The molecule has 0 radical (unpaired) electrons. The third-order valence-electron chi connectivity index (χ3n) is 5.01. The first-order valence-electron chi connectivity index (χ1n) is 8.19. The molecule has 1 amide bonds. The molecule has 0 N–H and O–H groups in total. The third kappa shape index (κ3) is 3.64. The molecule has 2 aliphatic rings. The molecule has 1 unspecified atom stereocenters. The molecule has 116 valence electrons. The van der Waals surface area contributed by atoms with E-state index in [1.54, 1.807) is 6.92 Å². The standard InChI is InChI=1S/C16H26N4O/c1-14(21)18-10-5-15(6-11-18)12-19-8-2-4-16(19)13-20-9-3-7-17-20/h3,7,9,15-16H,2,4-6,8,10-13H2,1H3. The van der Waals surface area contributed by atoms with Gasteiger partial charge in [-0.05, 0) is 44.2 Å². The van der Waals surface area contributed by atoms with Gasteiger partial charge < -0.3 is 4.90 Å². The number of hydrogen-bond acceptors (Lipinski definition) is 3. The molecule has 0 aromatic carbocycles. The molecule has 21 heavy (non-hydrogen) atoms. The minimum absolute atomic E-state index is 0.228. The fourth-order valence-electron chi connectivity index (χ4n) is 3.73. The Hall–Kier alpha value is -1.36. The van der Waals surface area contributed by atoms with E-state index >= 15 is 0 Å². The third-order valence-corrected chi connectivity index (χ3v) is 5.01. The first-order chi connectivity index (χ1) is 10.2. The Morgan fingerprint density at radius 2 is 2.00 bits per heavy atom. The number of carbonyl (C=O) groups is 1. The SMILES string of the molecule is CC(=O)N1CCC(CN2CCCC2Cn2cccn2)CC1. The van der Waals surface area contributed by atoms with Gasteiger partial charge in [-0.2, -0.15) is 5.10 Å². The topological polar surface area (TPSA) is 41.4 Å². The molecule has 5 heteroatoms. The lowest BCUT2D eigenvalue weighted by molar-refractivity contribution is -0.130. The van der Waals surface area contributed by atoms with E-state index in [-0.39, 0.29) is 5.91 Å². The minimum atomic E-state index is 0.228. The Balaban J connectivity index is 1.49. The Morgan fingerprint density at radius 3 is 2.67 bits per heavy atom. The van der Waals surface area contributed by atoms with E-state index in [9.17, 15) is 4.79 Å². The van der Waals surface area contributed by atoms with E-state index in [0.717, 1.165) is 38.4 Å². The van der Waals surface area contributed by atoms with Gasteiger partial charge in [-0.25, -0.2) is 0 Å². The second-order valence-electron chi connectivity index (χ2n) is 6.47. The average Bonchev–Trinajstić information content (AvgIpc) is 3.13. The average molecular weight is 290 g/mol. The van der Waals surface area contributed by atoms with Crippen molar-refractivity contribution in [2.75, 3.05) is 26.2 Å². The maximum absolute atomic E-state index is 11.4. The van der Waals surface area contributed by atoms with Crippen LogP contribution in [0.5, 0.6) is 0 Å². The number of rotatable bonds is 4. The summed E-state index contributed by atoms with van der Waals surface area (Å²) in [6.07, 6.45) is 8.82. The molecule has 3 rings (SSSR count). The van der Waals surface area contributed by atoms with Gasteiger partial charge in [0, 0.05) is 45.0 Å². The van der Waals surface area contributed by atoms with Crippen LogP contribution in [0.15, 0.2) is 18.5 Å². The van der Waals surface area contributed by atoms with Gasteiger partial charge in [-0.3, -0.25) is 14.4 Å². The Bertz CT molecular complexity index is 451. The molecule has 5 nitrogen and oxygen atoms in total. The number of nitrogens with zero attached hydrogens (tertiary/aromatic N) is 4. The highest BCUT2D eigenvalue weighted by molar-refractivity contribution is 5.73. The van der Waals surface area contributed by atoms with Gasteiger partial charge in [-0.1, -0.05) is 0 Å². The molecule has 1 aromatic heterocycles. The monoisotopic (exact) mass is 290 g/mol. The van der Waals surface area contributed by atoms with Crippen LogP contribution in [0.2, 0.25) is 0 Å². The molecule has 0 spiro atoms. The lowest BCUT2D eigenvalue weighted by Crippen LogP contribution is -2.42. The van der Waals surface area contributed by atoms with Crippen molar-refractivity contribution >= 4 is 5.91 Å². The number of likely N-dealkylation sites (tertiary alicyclic amines) is 2. The van der Waals surface area contributed by atoms with Crippen LogP contribution in [-0.2, 0) is 11.3 Å². The zero-order chi connectivity index (χ0) is 14.7. The van der Waals surface area contributed by atoms with Crippen molar-refractivity contribution in [3.8, 4) is 0 Å². The van der Waals surface area contributed by atoms with Gasteiger partial charge in [0.15, 0.2) is 0 Å². The van der Waals surface area contributed by atoms with Crippen LogP contribution in [0.4, 0.5) is 0 Å². The number of amides is 1. The van der Waals surface area contributed by atoms with Crippen molar-refractivity contribution in [3.63, 3.8) is 0 Å². The van der Waals surface area contributed by atoms with Gasteiger partial charge in [0.25, 0.3) is 0 Å². The Labute approximate surface area is 126 Å². The van der Waals surface area contributed by atoms with E-state index in [2.05, 4.69) is 20.9 Å². The molecule has 1 atom stereocenters. The van der Waals surface area contributed by atoms with Gasteiger partial charge >= 0.3 is 0 Å². The van der Waals surface area contributed by atoms with Crippen LogP contribution >= 0.6 is 0 Å². The molecular formula is C16H26N4O. The maximum atomic E-state index is 11.4. The van der Waals surface area contributed by atoms with Crippen molar-refractivity contribution in [3.05, 3.63) is 18.5 Å². The van der Waals surface area contributed by atoms with Crippen molar-refractivity contribution in [2.24, 2.45) is 5.92 Å². The predicted octanol–water partition coefficient (Wildman–Crippen LogP) is 1.61. The fraction of sp³-hybridized carbons (Fsp3) is 0.750. The normalized spacial score (nSPS) is 24.6. The maximum Gasteiger partial charge on any atom is 0.219 e. The van der Waals surface area contributed by atoms with E-state index in [1.165, 1.54) is 25.9 Å². The van der Waals surface area contributed by atoms with E-state index < -0.39 is 0 Å².